The minimum absolute atomic E-state index is 0.00908. The van der Waals surface area contributed by atoms with Crippen molar-refractivity contribution < 1.29 is 9.53 Å². The molecule has 0 saturated carbocycles. The predicted octanol–water partition coefficient (Wildman–Crippen LogP) is 4.90. The van der Waals surface area contributed by atoms with E-state index in [1.165, 1.54) is 0 Å². The summed E-state index contributed by atoms with van der Waals surface area (Å²) in [6.45, 7) is 3.22. The summed E-state index contributed by atoms with van der Waals surface area (Å²) < 4.78 is 4.76. The third-order valence-corrected chi connectivity index (χ3v) is 7.05. The smallest absolute Gasteiger partial charge is 0.336 e. The number of ether oxygens (including phenoxy) is 1. The lowest BCUT2D eigenvalue weighted by molar-refractivity contribution is -0.132. The quantitative estimate of drug-likeness (QED) is 0.532. The summed E-state index contributed by atoms with van der Waals surface area (Å²) in [5.74, 6) is -0.739. The number of carbonyl (C=O) groups is 1. The van der Waals surface area contributed by atoms with Gasteiger partial charge in [-0.25, -0.2) is 4.79 Å². The van der Waals surface area contributed by atoms with Crippen molar-refractivity contribution in [2.45, 2.75) is 0 Å². The highest BCUT2D eigenvalue weighted by atomic mass is 36.0. The zero-order chi connectivity index (χ0) is 11.8. The van der Waals surface area contributed by atoms with Gasteiger partial charge in [0.15, 0.2) is 5.09 Å². The molecule has 0 bridgehead atoms. The Labute approximate surface area is 112 Å². The van der Waals surface area contributed by atoms with Gasteiger partial charge < -0.3 is 4.74 Å². The lowest BCUT2D eigenvalue weighted by atomic mass is 10.6. The Morgan fingerprint density at radius 3 is 2.13 bits per heavy atom. The predicted molar refractivity (Wildman–Crippen MR) is 67.2 cm³/mol. The molecule has 8 heteroatoms. The Hall–Kier alpha value is 0.490. The SMILES string of the molecule is C=CC(=O)OC1=C(Cl)C(Cl)=C(Cl)S1(Cl)Cl. The highest BCUT2D eigenvalue weighted by molar-refractivity contribution is 8.71. The molecule has 0 fully saturated rings. The minimum atomic E-state index is -2.65. The maximum Gasteiger partial charge on any atom is 0.336 e. The van der Waals surface area contributed by atoms with E-state index < -0.39 is 14.4 Å². The van der Waals surface area contributed by atoms with Gasteiger partial charge in [-0.3, -0.25) is 0 Å². The van der Waals surface area contributed by atoms with Crippen molar-refractivity contribution in [2.75, 3.05) is 0 Å². The molecular formula is C7H3Cl5O2S. The van der Waals surface area contributed by atoms with Crippen LogP contribution in [0.4, 0.5) is 0 Å². The number of halogens is 5. The first-order chi connectivity index (χ1) is 6.82. The number of hydrogen-bond donors (Lipinski definition) is 0. The van der Waals surface area contributed by atoms with Gasteiger partial charge >= 0.3 is 5.97 Å². The van der Waals surface area contributed by atoms with Gasteiger partial charge in [0.05, 0.1) is 5.03 Å². The summed E-state index contributed by atoms with van der Waals surface area (Å²) in [7, 11) is 9.14. The summed E-state index contributed by atoms with van der Waals surface area (Å²) >= 11 is 17.2. The van der Waals surface area contributed by atoms with Gasteiger partial charge in [0.25, 0.3) is 0 Å². The van der Waals surface area contributed by atoms with Crippen LogP contribution in [0.15, 0.2) is 32.2 Å². The average Bonchev–Trinajstić information content (AvgIpc) is 2.33. The van der Waals surface area contributed by atoms with E-state index in [0.29, 0.717) is 0 Å². The molecule has 0 unspecified atom stereocenters. The number of allylic oxidation sites excluding steroid dienone is 2. The molecule has 0 aliphatic carbocycles. The second-order valence-corrected chi connectivity index (χ2v) is 8.61. The summed E-state index contributed by atoms with van der Waals surface area (Å²) in [5.41, 5.74) is 0. The molecule has 0 atom stereocenters. The Kier molecular flexibility index (Phi) is 4.32. The molecule has 0 aromatic carbocycles. The fourth-order valence-electron chi connectivity index (χ4n) is 0.713. The maximum absolute atomic E-state index is 11.0. The Balaban J connectivity index is 3.11. The average molecular weight is 328 g/mol. The van der Waals surface area contributed by atoms with Crippen molar-refractivity contribution in [1.29, 1.82) is 0 Å². The summed E-state index contributed by atoms with van der Waals surface area (Å²) in [4.78, 5) is 11.0. The van der Waals surface area contributed by atoms with Gasteiger partial charge in [-0.2, -0.15) is 0 Å². The highest BCUT2D eigenvalue weighted by Crippen LogP contribution is 2.77. The molecule has 0 aromatic rings. The zero-order valence-corrected chi connectivity index (χ0v) is 11.5. The van der Waals surface area contributed by atoms with Crippen LogP contribution in [-0.4, -0.2) is 5.97 Å². The number of carbonyl (C=O) groups excluding carboxylic acids is 1. The van der Waals surface area contributed by atoms with E-state index in [-0.39, 0.29) is 19.5 Å². The monoisotopic (exact) mass is 326 g/mol. The minimum Gasteiger partial charge on any atom is -0.413 e. The van der Waals surface area contributed by atoms with E-state index in [1.54, 1.807) is 0 Å². The van der Waals surface area contributed by atoms with Gasteiger partial charge in [0.2, 0.25) is 0 Å². The summed E-state index contributed by atoms with van der Waals surface area (Å²) in [6, 6.07) is 0. The third-order valence-electron chi connectivity index (χ3n) is 1.36. The fourth-order valence-corrected chi connectivity index (χ4v) is 4.68. The molecule has 0 N–H and O–H groups in total. The van der Waals surface area contributed by atoms with Crippen LogP contribution < -0.4 is 0 Å². The lowest BCUT2D eigenvalue weighted by Gasteiger charge is -2.21. The summed E-state index contributed by atoms with van der Waals surface area (Å²) in [6.07, 6.45) is 0.945. The first-order valence-electron chi connectivity index (χ1n) is 3.34. The molecule has 1 rings (SSSR count). The second kappa shape index (κ2) is 4.78. The Morgan fingerprint density at radius 2 is 1.80 bits per heavy atom. The number of esters is 1. The van der Waals surface area contributed by atoms with Crippen LogP contribution in [0.1, 0.15) is 0 Å². The van der Waals surface area contributed by atoms with Crippen molar-refractivity contribution in [2.24, 2.45) is 0 Å². The molecule has 15 heavy (non-hydrogen) atoms. The van der Waals surface area contributed by atoms with E-state index in [1.807, 2.05) is 0 Å². The standard InChI is InChI=1S/C7H3Cl5O2S/c1-2-3(13)14-7-5(9)4(8)6(10)15(7,11)12/h2H,1H2. The Morgan fingerprint density at radius 1 is 1.27 bits per heavy atom. The van der Waals surface area contributed by atoms with Gasteiger partial charge in [-0.05, 0) is 21.4 Å². The second-order valence-electron chi connectivity index (χ2n) is 2.28. The van der Waals surface area contributed by atoms with Crippen LogP contribution in [0.25, 0.3) is 0 Å². The molecule has 0 radical (unpaired) electrons. The normalized spacial score (nSPS) is 21.7. The summed E-state index contributed by atoms with van der Waals surface area (Å²) in [5, 5.41) is -0.200. The molecule has 1 heterocycles. The largest absolute Gasteiger partial charge is 0.413 e. The van der Waals surface area contributed by atoms with Crippen LogP contribution in [0.3, 0.4) is 0 Å². The van der Waals surface area contributed by atoms with Gasteiger partial charge in [0, 0.05) is 14.5 Å². The van der Waals surface area contributed by atoms with Gasteiger partial charge in [-0.1, -0.05) is 41.4 Å². The first kappa shape index (κ1) is 13.6. The topological polar surface area (TPSA) is 26.3 Å². The van der Waals surface area contributed by atoms with Gasteiger partial charge in [-0.15, -0.1) is 0 Å². The molecule has 0 saturated heterocycles. The van der Waals surface area contributed by atoms with Gasteiger partial charge in [0.1, 0.15) is 9.40 Å². The molecule has 0 spiro atoms. The van der Waals surface area contributed by atoms with Crippen LogP contribution in [0.2, 0.25) is 0 Å². The van der Waals surface area contributed by atoms with E-state index in [4.69, 9.17) is 60.9 Å². The van der Waals surface area contributed by atoms with Crippen LogP contribution in [-0.2, 0) is 9.53 Å². The van der Waals surface area contributed by atoms with Crippen molar-refractivity contribution in [1.82, 2.24) is 0 Å². The molecule has 84 valence electrons. The van der Waals surface area contributed by atoms with Crippen LogP contribution in [0.5, 0.6) is 0 Å². The molecule has 1 aliphatic rings. The molecule has 0 aromatic heterocycles. The third kappa shape index (κ3) is 2.43. The lowest BCUT2D eigenvalue weighted by Crippen LogP contribution is -2.01. The molecule has 0 amide bonds. The van der Waals surface area contributed by atoms with Crippen LogP contribution >= 0.6 is 64.6 Å². The van der Waals surface area contributed by atoms with Crippen molar-refractivity contribution in [3.8, 4) is 0 Å². The first-order valence-corrected chi connectivity index (χ1v) is 7.76. The molecule has 1 aliphatic heterocycles. The molecule has 2 nitrogen and oxygen atoms in total. The number of rotatable bonds is 2. The van der Waals surface area contributed by atoms with E-state index in [2.05, 4.69) is 6.58 Å². The molecular weight excluding hydrogens is 325 g/mol. The van der Waals surface area contributed by atoms with Crippen molar-refractivity contribution in [3.05, 3.63) is 32.2 Å². The zero-order valence-electron chi connectivity index (χ0n) is 6.90. The van der Waals surface area contributed by atoms with Crippen LogP contribution in [0, 0.1) is 0 Å². The van der Waals surface area contributed by atoms with E-state index in [0.717, 1.165) is 6.08 Å². The number of hydrogen-bond acceptors (Lipinski definition) is 2. The fraction of sp³-hybridized carbons (Fsp3) is 0. The highest BCUT2D eigenvalue weighted by Gasteiger charge is 2.42. The maximum atomic E-state index is 11.0. The van der Waals surface area contributed by atoms with Crippen molar-refractivity contribution in [3.63, 3.8) is 0 Å². The van der Waals surface area contributed by atoms with Crippen molar-refractivity contribution >= 4 is 70.6 Å². The van der Waals surface area contributed by atoms with E-state index in [9.17, 15) is 4.79 Å². The Bertz CT molecular complexity index is 398. The van der Waals surface area contributed by atoms with E-state index >= 15 is 0 Å².